The number of aromatic nitrogens is 2. The molecule has 0 radical (unpaired) electrons. The van der Waals surface area contributed by atoms with Gasteiger partial charge in [-0.1, -0.05) is 29.9 Å². The van der Waals surface area contributed by atoms with Crippen molar-refractivity contribution in [3.8, 4) is 5.13 Å². The molecule has 0 saturated carbocycles. The third-order valence-corrected chi connectivity index (χ3v) is 4.52. The normalized spacial score (nSPS) is 10.6. The molecule has 2 aromatic heterocycles. The van der Waals surface area contributed by atoms with Gasteiger partial charge in [-0.3, -0.25) is 4.79 Å². The van der Waals surface area contributed by atoms with E-state index in [9.17, 15) is 4.79 Å². The van der Waals surface area contributed by atoms with Gasteiger partial charge in [-0.15, -0.1) is 0 Å². The Hall–Kier alpha value is -2.11. The summed E-state index contributed by atoms with van der Waals surface area (Å²) in [6.45, 7) is 1.99. The summed E-state index contributed by atoms with van der Waals surface area (Å²) >= 11 is 7.24. The van der Waals surface area contributed by atoms with Crippen LogP contribution < -0.4 is 5.32 Å². The van der Waals surface area contributed by atoms with Gasteiger partial charge in [0.1, 0.15) is 4.88 Å². The summed E-state index contributed by atoms with van der Waals surface area (Å²) in [5.74, 6) is -0.143. The third-order valence-electron chi connectivity index (χ3n) is 3.15. The third kappa shape index (κ3) is 3.05. The second-order valence-electron chi connectivity index (χ2n) is 4.68. The van der Waals surface area contributed by atoms with Crippen molar-refractivity contribution in [3.05, 3.63) is 64.4 Å². The average Bonchev–Trinajstić information content (AvgIpc) is 3.18. The van der Waals surface area contributed by atoms with Gasteiger partial charge >= 0.3 is 0 Å². The number of hydrogen-bond donors (Lipinski definition) is 1. The van der Waals surface area contributed by atoms with E-state index in [1.165, 1.54) is 11.3 Å². The van der Waals surface area contributed by atoms with E-state index < -0.39 is 0 Å². The molecular weight excluding hydrogens is 318 g/mol. The van der Waals surface area contributed by atoms with Crippen molar-refractivity contribution >= 4 is 34.5 Å². The Morgan fingerprint density at radius 3 is 2.59 bits per heavy atom. The predicted molar refractivity (Wildman–Crippen MR) is 90.2 cm³/mol. The van der Waals surface area contributed by atoms with Crippen molar-refractivity contribution in [2.24, 2.45) is 0 Å². The van der Waals surface area contributed by atoms with Gasteiger partial charge in [-0.2, -0.15) is 0 Å². The molecular formula is C16H14ClN3OS. The quantitative estimate of drug-likeness (QED) is 0.770. The number of hydrogen-bond acceptors (Lipinski definition) is 3. The molecule has 0 saturated heterocycles. The van der Waals surface area contributed by atoms with Crippen molar-refractivity contribution in [1.29, 1.82) is 0 Å². The molecule has 22 heavy (non-hydrogen) atoms. The lowest BCUT2D eigenvalue weighted by Gasteiger charge is -2.04. The van der Waals surface area contributed by atoms with Gasteiger partial charge in [0, 0.05) is 23.1 Å². The molecule has 0 aliphatic rings. The van der Waals surface area contributed by atoms with Crippen molar-refractivity contribution in [2.75, 3.05) is 5.32 Å². The van der Waals surface area contributed by atoms with E-state index >= 15 is 0 Å². The molecule has 3 aromatic rings. The molecule has 0 atom stereocenters. The van der Waals surface area contributed by atoms with Crippen LogP contribution in [-0.2, 0) is 6.42 Å². The number of carbonyl (C=O) groups excluding carboxylic acids is 1. The summed E-state index contributed by atoms with van der Waals surface area (Å²) < 4.78 is 1.91. The van der Waals surface area contributed by atoms with Crippen LogP contribution in [0.5, 0.6) is 0 Å². The second-order valence-corrected chi connectivity index (χ2v) is 6.09. The smallest absolute Gasteiger partial charge is 0.267 e. The summed E-state index contributed by atoms with van der Waals surface area (Å²) in [5.41, 5.74) is 1.52. The summed E-state index contributed by atoms with van der Waals surface area (Å²) in [4.78, 5) is 17.7. The molecule has 3 rings (SSSR count). The molecule has 1 aromatic carbocycles. The van der Waals surface area contributed by atoms with Crippen LogP contribution in [0.1, 0.15) is 22.3 Å². The van der Waals surface area contributed by atoms with Crippen molar-refractivity contribution in [3.63, 3.8) is 0 Å². The minimum absolute atomic E-state index is 0.143. The Labute approximate surface area is 137 Å². The fraction of sp³-hybridized carbons (Fsp3) is 0.125. The highest BCUT2D eigenvalue weighted by Gasteiger charge is 2.17. The zero-order valence-electron chi connectivity index (χ0n) is 11.9. The lowest BCUT2D eigenvalue weighted by atomic mass is 10.2. The number of nitrogens with zero attached hydrogens (tertiary/aromatic N) is 2. The number of amides is 1. The molecule has 0 bridgehead atoms. The minimum Gasteiger partial charge on any atom is -0.321 e. The Balaban J connectivity index is 1.87. The topological polar surface area (TPSA) is 46.9 Å². The van der Waals surface area contributed by atoms with Crippen LogP contribution in [0, 0.1) is 0 Å². The Morgan fingerprint density at radius 2 is 1.95 bits per heavy atom. The highest BCUT2D eigenvalue weighted by atomic mass is 35.5. The maximum absolute atomic E-state index is 12.5. The number of anilines is 1. The van der Waals surface area contributed by atoms with Crippen LogP contribution in [0.2, 0.25) is 5.02 Å². The Bertz CT molecular complexity index is 778. The van der Waals surface area contributed by atoms with E-state index in [4.69, 9.17) is 11.6 Å². The van der Waals surface area contributed by atoms with Crippen LogP contribution in [0.25, 0.3) is 5.13 Å². The first-order valence-corrected chi connectivity index (χ1v) is 8.07. The number of carbonyl (C=O) groups is 1. The molecule has 4 nitrogen and oxygen atoms in total. The van der Waals surface area contributed by atoms with Crippen LogP contribution in [-0.4, -0.2) is 15.5 Å². The average molecular weight is 332 g/mol. The SMILES string of the molecule is CCc1nc(-n2cccc2)sc1C(=O)Nc1ccc(Cl)cc1. The maximum Gasteiger partial charge on any atom is 0.267 e. The number of rotatable bonds is 4. The molecule has 0 fully saturated rings. The van der Waals surface area contributed by atoms with E-state index in [1.807, 2.05) is 36.0 Å². The zero-order chi connectivity index (χ0) is 15.5. The number of aryl methyl sites for hydroxylation is 1. The predicted octanol–water partition coefficient (Wildman–Crippen LogP) is 4.40. The molecule has 0 aliphatic carbocycles. The molecule has 1 N–H and O–H groups in total. The lowest BCUT2D eigenvalue weighted by Crippen LogP contribution is -2.12. The van der Waals surface area contributed by atoms with Crippen LogP contribution >= 0.6 is 22.9 Å². The summed E-state index contributed by atoms with van der Waals surface area (Å²) in [5, 5.41) is 4.32. The standard InChI is InChI=1S/C16H14ClN3OS/c1-2-13-14(22-16(19-13)20-9-3-4-10-20)15(21)18-12-7-5-11(17)6-8-12/h3-10H,2H2,1H3,(H,18,21). The molecule has 0 aliphatic heterocycles. The van der Waals surface area contributed by atoms with Gasteiger partial charge in [-0.05, 0) is 42.8 Å². The Kier molecular flexibility index (Phi) is 4.27. The first-order valence-electron chi connectivity index (χ1n) is 6.87. The summed E-state index contributed by atoms with van der Waals surface area (Å²) in [6.07, 6.45) is 4.54. The zero-order valence-corrected chi connectivity index (χ0v) is 13.5. The summed E-state index contributed by atoms with van der Waals surface area (Å²) in [7, 11) is 0. The van der Waals surface area contributed by atoms with Gasteiger partial charge < -0.3 is 9.88 Å². The van der Waals surface area contributed by atoms with Crippen LogP contribution in [0.3, 0.4) is 0 Å². The van der Waals surface area contributed by atoms with E-state index in [0.717, 1.165) is 10.8 Å². The monoisotopic (exact) mass is 331 g/mol. The lowest BCUT2D eigenvalue weighted by molar-refractivity contribution is 0.102. The fourth-order valence-electron chi connectivity index (χ4n) is 2.05. The van der Waals surface area contributed by atoms with E-state index in [0.29, 0.717) is 22.0 Å². The fourth-order valence-corrected chi connectivity index (χ4v) is 3.19. The van der Waals surface area contributed by atoms with E-state index in [1.54, 1.807) is 24.3 Å². The number of halogens is 1. The van der Waals surface area contributed by atoms with Gasteiger partial charge in [0.2, 0.25) is 0 Å². The minimum atomic E-state index is -0.143. The van der Waals surface area contributed by atoms with Crippen LogP contribution in [0.4, 0.5) is 5.69 Å². The highest BCUT2D eigenvalue weighted by molar-refractivity contribution is 7.16. The number of nitrogens with one attached hydrogen (secondary N) is 1. The molecule has 2 heterocycles. The van der Waals surface area contributed by atoms with Gasteiger partial charge in [0.05, 0.1) is 5.69 Å². The first kappa shape index (κ1) is 14.8. The number of thiazole rings is 1. The van der Waals surface area contributed by atoms with Gasteiger partial charge in [0.25, 0.3) is 5.91 Å². The van der Waals surface area contributed by atoms with E-state index in [2.05, 4.69) is 10.3 Å². The molecule has 0 spiro atoms. The van der Waals surface area contributed by atoms with E-state index in [-0.39, 0.29) is 5.91 Å². The highest BCUT2D eigenvalue weighted by Crippen LogP contribution is 2.24. The summed E-state index contributed by atoms with van der Waals surface area (Å²) in [6, 6.07) is 10.9. The number of benzene rings is 1. The largest absolute Gasteiger partial charge is 0.321 e. The van der Waals surface area contributed by atoms with Gasteiger partial charge in [-0.25, -0.2) is 4.98 Å². The van der Waals surface area contributed by atoms with Gasteiger partial charge in [0.15, 0.2) is 5.13 Å². The first-order chi connectivity index (χ1) is 10.7. The molecule has 0 unspecified atom stereocenters. The van der Waals surface area contributed by atoms with Crippen molar-refractivity contribution in [2.45, 2.75) is 13.3 Å². The Morgan fingerprint density at radius 1 is 1.27 bits per heavy atom. The molecule has 112 valence electrons. The molecule has 1 amide bonds. The van der Waals surface area contributed by atoms with Crippen molar-refractivity contribution in [1.82, 2.24) is 9.55 Å². The maximum atomic E-state index is 12.5. The van der Waals surface area contributed by atoms with Crippen LogP contribution in [0.15, 0.2) is 48.8 Å². The molecule has 6 heteroatoms. The second kappa shape index (κ2) is 6.34. The van der Waals surface area contributed by atoms with Crippen molar-refractivity contribution < 1.29 is 4.79 Å².